The van der Waals surface area contributed by atoms with Crippen LogP contribution in [-0.2, 0) is 4.79 Å². The van der Waals surface area contributed by atoms with Gasteiger partial charge in [0.1, 0.15) is 0 Å². The Morgan fingerprint density at radius 3 is 2.27 bits per heavy atom. The average Bonchev–Trinajstić information content (AvgIpc) is 2.67. The standard InChI is InChI=1S/C19H28ClN5O/c1-15(26)23-8-6-16(7-9-23)14-22-19(21)25-12-10-24(11-13-25)18-4-2-17(20)3-5-18/h2-5,16H,6-14H2,1H3,(H2,21,22). The van der Waals surface area contributed by atoms with Crippen molar-refractivity contribution in [3.8, 4) is 0 Å². The number of piperidine rings is 1. The minimum absolute atomic E-state index is 0.171. The zero-order valence-electron chi connectivity index (χ0n) is 15.4. The lowest BCUT2D eigenvalue weighted by Crippen LogP contribution is -2.51. The Kier molecular flexibility index (Phi) is 6.25. The molecule has 2 N–H and O–H groups in total. The third kappa shape index (κ3) is 4.81. The molecule has 26 heavy (non-hydrogen) atoms. The number of carbonyl (C=O) groups excluding carboxylic acids is 1. The molecule has 1 aromatic carbocycles. The summed E-state index contributed by atoms with van der Waals surface area (Å²) in [5.41, 5.74) is 7.42. The summed E-state index contributed by atoms with van der Waals surface area (Å²) >= 11 is 5.96. The minimum atomic E-state index is 0.171. The number of piperazine rings is 1. The van der Waals surface area contributed by atoms with Crippen LogP contribution in [0.1, 0.15) is 19.8 Å². The third-order valence-electron chi connectivity index (χ3n) is 5.37. The summed E-state index contributed by atoms with van der Waals surface area (Å²) < 4.78 is 0. The van der Waals surface area contributed by atoms with Gasteiger partial charge in [-0.2, -0.15) is 0 Å². The number of aliphatic imine (C=N–C) groups is 1. The molecule has 0 unspecified atom stereocenters. The predicted molar refractivity (Wildman–Crippen MR) is 107 cm³/mol. The number of benzene rings is 1. The van der Waals surface area contributed by atoms with Gasteiger partial charge in [-0.25, -0.2) is 0 Å². The molecular weight excluding hydrogens is 350 g/mol. The van der Waals surface area contributed by atoms with E-state index >= 15 is 0 Å². The molecule has 2 fully saturated rings. The monoisotopic (exact) mass is 377 g/mol. The molecule has 0 spiro atoms. The zero-order valence-corrected chi connectivity index (χ0v) is 16.2. The van der Waals surface area contributed by atoms with Gasteiger partial charge in [-0.15, -0.1) is 0 Å². The number of halogens is 1. The Morgan fingerprint density at radius 1 is 1.08 bits per heavy atom. The van der Waals surface area contributed by atoms with Gasteiger partial charge in [0.25, 0.3) is 0 Å². The Labute approximate surface area is 160 Å². The second-order valence-corrected chi connectivity index (χ2v) is 7.54. The summed E-state index contributed by atoms with van der Waals surface area (Å²) in [7, 11) is 0. The molecule has 1 amide bonds. The van der Waals surface area contributed by atoms with Crippen LogP contribution < -0.4 is 10.6 Å². The van der Waals surface area contributed by atoms with Gasteiger partial charge in [0.05, 0.1) is 0 Å². The van der Waals surface area contributed by atoms with Gasteiger partial charge in [-0.3, -0.25) is 9.79 Å². The second kappa shape index (κ2) is 8.62. The van der Waals surface area contributed by atoms with E-state index in [9.17, 15) is 4.79 Å². The van der Waals surface area contributed by atoms with Crippen LogP contribution in [0.5, 0.6) is 0 Å². The Morgan fingerprint density at radius 2 is 1.69 bits per heavy atom. The fraction of sp³-hybridized carbons (Fsp3) is 0.579. The molecule has 142 valence electrons. The number of hydrogen-bond donors (Lipinski definition) is 1. The third-order valence-corrected chi connectivity index (χ3v) is 5.62. The van der Waals surface area contributed by atoms with Gasteiger partial charge in [0.2, 0.25) is 5.91 Å². The van der Waals surface area contributed by atoms with Crippen molar-refractivity contribution in [2.45, 2.75) is 19.8 Å². The lowest BCUT2D eigenvalue weighted by atomic mass is 9.97. The van der Waals surface area contributed by atoms with Crippen LogP contribution >= 0.6 is 11.6 Å². The summed E-state index contributed by atoms with van der Waals surface area (Å²) in [4.78, 5) is 22.4. The minimum Gasteiger partial charge on any atom is -0.370 e. The molecule has 3 rings (SSSR count). The molecule has 2 aliphatic heterocycles. The first-order valence-corrected chi connectivity index (χ1v) is 9.71. The number of hydrogen-bond acceptors (Lipinski definition) is 3. The highest BCUT2D eigenvalue weighted by atomic mass is 35.5. The number of amides is 1. The number of nitrogens with zero attached hydrogens (tertiary/aromatic N) is 4. The maximum Gasteiger partial charge on any atom is 0.219 e. The topological polar surface area (TPSA) is 65.2 Å². The van der Waals surface area contributed by atoms with Crippen LogP contribution in [0.4, 0.5) is 5.69 Å². The predicted octanol–water partition coefficient (Wildman–Crippen LogP) is 2.04. The van der Waals surface area contributed by atoms with E-state index in [1.54, 1.807) is 6.92 Å². The number of anilines is 1. The van der Waals surface area contributed by atoms with Crippen LogP contribution in [0.15, 0.2) is 29.3 Å². The van der Waals surface area contributed by atoms with Crippen molar-refractivity contribution < 1.29 is 4.79 Å². The molecule has 7 heteroatoms. The molecule has 0 radical (unpaired) electrons. The molecular formula is C19H28ClN5O. The van der Waals surface area contributed by atoms with Gasteiger partial charge in [-0.1, -0.05) is 11.6 Å². The largest absolute Gasteiger partial charge is 0.370 e. The van der Waals surface area contributed by atoms with Crippen molar-refractivity contribution in [1.82, 2.24) is 9.80 Å². The van der Waals surface area contributed by atoms with E-state index < -0.39 is 0 Å². The van der Waals surface area contributed by atoms with Crippen molar-refractivity contribution in [1.29, 1.82) is 0 Å². The first-order valence-electron chi connectivity index (χ1n) is 9.34. The molecule has 0 aromatic heterocycles. The molecule has 6 nitrogen and oxygen atoms in total. The number of rotatable bonds is 3. The highest BCUT2D eigenvalue weighted by Gasteiger charge is 2.22. The fourth-order valence-corrected chi connectivity index (χ4v) is 3.72. The van der Waals surface area contributed by atoms with Crippen molar-refractivity contribution >= 4 is 29.2 Å². The lowest BCUT2D eigenvalue weighted by molar-refractivity contribution is -0.130. The molecule has 0 aliphatic carbocycles. The average molecular weight is 378 g/mol. The number of likely N-dealkylation sites (tertiary alicyclic amines) is 1. The Bertz CT molecular complexity index is 632. The second-order valence-electron chi connectivity index (χ2n) is 7.10. The van der Waals surface area contributed by atoms with Crippen molar-refractivity contribution in [2.75, 3.05) is 50.7 Å². The highest BCUT2D eigenvalue weighted by Crippen LogP contribution is 2.20. The summed E-state index contributed by atoms with van der Waals surface area (Å²) in [5, 5.41) is 0.762. The lowest BCUT2D eigenvalue weighted by Gasteiger charge is -2.37. The van der Waals surface area contributed by atoms with Crippen LogP contribution in [0, 0.1) is 5.92 Å². The smallest absolute Gasteiger partial charge is 0.219 e. The van der Waals surface area contributed by atoms with Crippen LogP contribution in [0.3, 0.4) is 0 Å². The normalized spacial score (nSPS) is 19.8. The van der Waals surface area contributed by atoms with Crippen molar-refractivity contribution in [2.24, 2.45) is 16.6 Å². The Balaban J connectivity index is 1.44. The van der Waals surface area contributed by atoms with Gasteiger partial charge in [0, 0.05) is 63.4 Å². The molecule has 2 saturated heterocycles. The van der Waals surface area contributed by atoms with Crippen molar-refractivity contribution in [3.05, 3.63) is 29.3 Å². The van der Waals surface area contributed by atoms with Gasteiger partial charge in [-0.05, 0) is 43.0 Å². The summed E-state index contributed by atoms with van der Waals surface area (Å²) in [6.45, 7) is 7.69. The molecule has 0 saturated carbocycles. The number of carbonyl (C=O) groups is 1. The van der Waals surface area contributed by atoms with E-state index in [4.69, 9.17) is 17.3 Å². The quantitative estimate of drug-likeness (QED) is 0.646. The Hall–Kier alpha value is -1.95. The molecule has 2 aliphatic rings. The maximum absolute atomic E-state index is 11.4. The van der Waals surface area contributed by atoms with Crippen LogP contribution in [0.25, 0.3) is 0 Å². The van der Waals surface area contributed by atoms with E-state index in [0.717, 1.165) is 63.7 Å². The first-order chi connectivity index (χ1) is 12.5. The van der Waals surface area contributed by atoms with Gasteiger partial charge >= 0.3 is 0 Å². The summed E-state index contributed by atoms with van der Waals surface area (Å²) in [5.74, 6) is 1.35. The molecule has 2 heterocycles. The molecule has 0 atom stereocenters. The van der Waals surface area contributed by atoms with Gasteiger partial charge in [0.15, 0.2) is 5.96 Å². The maximum atomic E-state index is 11.4. The van der Waals surface area contributed by atoms with E-state index in [1.165, 1.54) is 5.69 Å². The summed E-state index contributed by atoms with van der Waals surface area (Å²) in [6.07, 6.45) is 2.03. The molecule has 0 bridgehead atoms. The number of nitrogens with two attached hydrogens (primary N) is 1. The van der Waals surface area contributed by atoms with Crippen LogP contribution in [0.2, 0.25) is 5.02 Å². The van der Waals surface area contributed by atoms with Crippen molar-refractivity contribution in [3.63, 3.8) is 0 Å². The SMILES string of the molecule is CC(=O)N1CCC(CN=C(N)N2CCN(c3ccc(Cl)cc3)CC2)CC1. The number of guanidine groups is 1. The summed E-state index contributed by atoms with van der Waals surface area (Å²) in [6, 6.07) is 7.97. The highest BCUT2D eigenvalue weighted by molar-refractivity contribution is 6.30. The van der Waals surface area contributed by atoms with E-state index in [0.29, 0.717) is 11.9 Å². The fourth-order valence-electron chi connectivity index (χ4n) is 3.60. The van der Waals surface area contributed by atoms with Gasteiger partial charge < -0.3 is 20.4 Å². The van der Waals surface area contributed by atoms with E-state index in [2.05, 4.69) is 26.9 Å². The van der Waals surface area contributed by atoms with Crippen LogP contribution in [-0.4, -0.2) is 67.5 Å². The molecule has 1 aromatic rings. The van der Waals surface area contributed by atoms with E-state index in [1.807, 2.05) is 17.0 Å². The zero-order chi connectivity index (χ0) is 18.5. The van der Waals surface area contributed by atoms with E-state index in [-0.39, 0.29) is 5.91 Å². The first kappa shape index (κ1) is 18.8.